The van der Waals surface area contributed by atoms with Gasteiger partial charge in [-0.25, -0.2) is 8.42 Å². The summed E-state index contributed by atoms with van der Waals surface area (Å²) in [5.41, 5.74) is 0.458. The first kappa shape index (κ1) is 20.9. The van der Waals surface area contributed by atoms with Crippen LogP contribution in [-0.2, 0) is 24.2 Å². The minimum absolute atomic E-state index is 0.00874. The van der Waals surface area contributed by atoms with Crippen LogP contribution in [-0.4, -0.2) is 38.1 Å². The van der Waals surface area contributed by atoms with Gasteiger partial charge in [0.2, 0.25) is 0 Å². The molecule has 1 aromatic rings. The Morgan fingerprint density at radius 3 is 2.57 bits per heavy atom. The Balaban J connectivity index is 2.11. The largest absolute Gasteiger partial charge is 0.374 e. The summed E-state index contributed by atoms with van der Waals surface area (Å²) in [6, 6.07) is 2.85. The molecule has 2 unspecified atom stereocenters. The van der Waals surface area contributed by atoms with Gasteiger partial charge in [-0.2, -0.15) is 0 Å². The van der Waals surface area contributed by atoms with Gasteiger partial charge in [-0.15, -0.1) is 0 Å². The molecule has 2 aliphatic rings. The predicted molar refractivity (Wildman–Crippen MR) is 103 cm³/mol. The van der Waals surface area contributed by atoms with E-state index in [2.05, 4.69) is 0 Å². The fraction of sp³-hybridized carbons (Fsp3) is 0.571. The first-order valence-corrected chi connectivity index (χ1v) is 11.3. The number of carbonyl (C=O) groups is 3. The van der Waals surface area contributed by atoms with Gasteiger partial charge in [-0.1, -0.05) is 13.8 Å². The second kappa shape index (κ2) is 7.19. The smallest absolute Gasteiger partial charge is 0.181 e. The lowest BCUT2D eigenvalue weighted by atomic mass is 9.68. The highest BCUT2D eigenvalue weighted by Gasteiger charge is 2.46. The Morgan fingerprint density at radius 2 is 1.93 bits per heavy atom. The molecule has 1 aliphatic carbocycles. The maximum absolute atomic E-state index is 13.2. The zero-order valence-electron chi connectivity index (χ0n) is 16.7. The Hall–Kier alpha value is -1.86. The molecule has 3 rings (SSSR count). The van der Waals surface area contributed by atoms with E-state index in [0.29, 0.717) is 30.6 Å². The second-order valence-electron chi connectivity index (χ2n) is 8.21. The standard InChI is InChI=1S/C21H26O6S/c1-5-27-15-9-11-28(25,26)16-7-6-13(12(2)17(15)16)19(23)18-14(22)8-10-21(3,4)20(18)24/h6-7,15,18H,5,8-11H2,1-4H3. The summed E-state index contributed by atoms with van der Waals surface area (Å²) >= 11 is 0. The Morgan fingerprint density at radius 1 is 1.25 bits per heavy atom. The molecule has 0 radical (unpaired) electrons. The van der Waals surface area contributed by atoms with E-state index in [9.17, 15) is 22.8 Å². The summed E-state index contributed by atoms with van der Waals surface area (Å²) in [4.78, 5) is 38.6. The van der Waals surface area contributed by atoms with E-state index in [-0.39, 0.29) is 34.2 Å². The van der Waals surface area contributed by atoms with Crippen LogP contribution >= 0.6 is 0 Å². The van der Waals surface area contributed by atoms with Crippen molar-refractivity contribution in [1.82, 2.24) is 0 Å². The Kier molecular flexibility index (Phi) is 5.36. The van der Waals surface area contributed by atoms with E-state index < -0.39 is 33.1 Å². The highest BCUT2D eigenvalue weighted by atomic mass is 32.2. The van der Waals surface area contributed by atoms with Crippen molar-refractivity contribution < 1.29 is 27.5 Å². The van der Waals surface area contributed by atoms with Crippen molar-refractivity contribution >= 4 is 27.2 Å². The molecule has 6 nitrogen and oxygen atoms in total. The number of rotatable bonds is 4. The first-order valence-electron chi connectivity index (χ1n) is 9.60. The lowest BCUT2D eigenvalue weighted by Crippen LogP contribution is -2.45. The Bertz CT molecular complexity index is 957. The van der Waals surface area contributed by atoms with Crippen molar-refractivity contribution in [2.45, 2.75) is 58.0 Å². The first-order chi connectivity index (χ1) is 13.0. The van der Waals surface area contributed by atoms with Crippen LogP contribution in [0.15, 0.2) is 17.0 Å². The van der Waals surface area contributed by atoms with Gasteiger partial charge in [-0.3, -0.25) is 14.4 Å². The highest BCUT2D eigenvalue weighted by molar-refractivity contribution is 7.91. The second-order valence-corrected chi connectivity index (χ2v) is 10.3. The van der Waals surface area contributed by atoms with Crippen LogP contribution in [0.25, 0.3) is 0 Å². The summed E-state index contributed by atoms with van der Waals surface area (Å²) in [6.45, 7) is 7.41. The van der Waals surface area contributed by atoms with Gasteiger partial charge in [-0.05, 0) is 44.4 Å². The van der Waals surface area contributed by atoms with Gasteiger partial charge in [0.05, 0.1) is 16.8 Å². The van der Waals surface area contributed by atoms with Crippen LogP contribution in [0.3, 0.4) is 0 Å². The summed E-state index contributed by atoms with van der Waals surface area (Å²) in [6.07, 6.45) is 0.512. The van der Waals surface area contributed by atoms with Crippen LogP contribution in [0.4, 0.5) is 0 Å². The molecule has 0 N–H and O–H groups in total. The Labute approximate surface area is 165 Å². The summed E-state index contributed by atoms with van der Waals surface area (Å²) in [5, 5.41) is 0. The number of carbonyl (C=O) groups excluding carboxylic acids is 3. The van der Waals surface area contributed by atoms with Gasteiger partial charge in [0.25, 0.3) is 0 Å². The van der Waals surface area contributed by atoms with E-state index in [4.69, 9.17) is 4.74 Å². The van der Waals surface area contributed by atoms with E-state index >= 15 is 0 Å². The van der Waals surface area contributed by atoms with Gasteiger partial charge in [0, 0.05) is 29.6 Å². The maximum Gasteiger partial charge on any atom is 0.181 e. The van der Waals surface area contributed by atoms with Gasteiger partial charge >= 0.3 is 0 Å². The summed E-state index contributed by atoms with van der Waals surface area (Å²) < 4.78 is 30.7. The predicted octanol–water partition coefficient (Wildman–Crippen LogP) is 3.01. The average Bonchev–Trinajstić information content (AvgIpc) is 2.62. The lowest BCUT2D eigenvalue weighted by Gasteiger charge is -2.33. The molecule has 2 atom stereocenters. The van der Waals surface area contributed by atoms with E-state index in [0.717, 1.165) is 0 Å². The molecule has 1 saturated carbocycles. The molecule has 152 valence electrons. The number of benzene rings is 1. The van der Waals surface area contributed by atoms with Crippen LogP contribution in [0.5, 0.6) is 0 Å². The third-order valence-corrected chi connectivity index (χ3v) is 7.72. The molecule has 7 heteroatoms. The van der Waals surface area contributed by atoms with Gasteiger partial charge in [0.1, 0.15) is 5.92 Å². The van der Waals surface area contributed by atoms with E-state index in [1.54, 1.807) is 20.8 Å². The zero-order chi connectivity index (χ0) is 20.9. The third-order valence-electron chi connectivity index (χ3n) is 5.92. The van der Waals surface area contributed by atoms with E-state index in [1.807, 2.05) is 6.92 Å². The van der Waals surface area contributed by atoms with E-state index in [1.165, 1.54) is 12.1 Å². The molecule has 0 bridgehead atoms. The van der Waals surface area contributed by atoms with Crippen LogP contribution in [0.1, 0.15) is 67.6 Å². The van der Waals surface area contributed by atoms with Crippen molar-refractivity contribution in [2.24, 2.45) is 11.3 Å². The maximum atomic E-state index is 13.2. The van der Waals surface area contributed by atoms with Crippen molar-refractivity contribution in [3.63, 3.8) is 0 Å². The summed E-state index contributed by atoms with van der Waals surface area (Å²) in [5.74, 6) is -2.58. The number of ketones is 3. The normalized spacial score (nSPS) is 26.0. The molecule has 1 aromatic carbocycles. The highest BCUT2D eigenvalue weighted by Crippen LogP contribution is 2.40. The number of Topliss-reactive ketones (excluding diaryl/α,β-unsaturated/α-hetero) is 3. The molecule has 0 spiro atoms. The van der Waals surface area contributed by atoms with Crippen LogP contribution in [0.2, 0.25) is 0 Å². The lowest BCUT2D eigenvalue weighted by molar-refractivity contribution is -0.140. The number of ether oxygens (including phenoxy) is 1. The molecule has 1 heterocycles. The van der Waals surface area contributed by atoms with Crippen molar-refractivity contribution in [2.75, 3.05) is 12.4 Å². The summed E-state index contributed by atoms with van der Waals surface area (Å²) in [7, 11) is -3.45. The molecule has 0 aromatic heterocycles. The third kappa shape index (κ3) is 3.35. The van der Waals surface area contributed by atoms with Crippen molar-refractivity contribution in [3.8, 4) is 0 Å². The molecule has 28 heavy (non-hydrogen) atoms. The van der Waals surface area contributed by atoms with Crippen molar-refractivity contribution in [1.29, 1.82) is 0 Å². The molecular formula is C21H26O6S. The van der Waals surface area contributed by atoms with Gasteiger partial charge < -0.3 is 4.74 Å². The SMILES string of the molecule is CCOC1CCS(=O)(=O)c2ccc(C(=O)C3C(=O)CCC(C)(C)C3=O)c(C)c21. The molecular weight excluding hydrogens is 380 g/mol. The van der Waals surface area contributed by atoms with Crippen LogP contribution in [0, 0.1) is 18.3 Å². The minimum Gasteiger partial charge on any atom is -0.374 e. The quantitative estimate of drug-likeness (QED) is 0.563. The fourth-order valence-corrected chi connectivity index (χ4v) is 5.83. The number of fused-ring (bicyclic) bond motifs is 1. The topological polar surface area (TPSA) is 94.6 Å². The van der Waals surface area contributed by atoms with Crippen molar-refractivity contribution in [3.05, 3.63) is 28.8 Å². The average molecular weight is 407 g/mol. The number of hydrogen-bond donors (Lipinski definition) is 0. The molecule has 1 fully saturated rings. The van der Waals surface area contributed by atoms with Gasteiger partial charge in [0.15, 0.2) is 27.2 Å². The number of sulfone groups is 1. The number of hydrogen-bond acceptors (Lipinski definition) is 6. The van der Waals surface area contributed by atoms with Crippen LogP contribution < -0.4 is 0 Å². The molecule has 1 aliphatic heterocycles. The zero-order valence-corrected chi connectivity index (χ0v) is 17.5. The minimum atomic E-state index is -3.45. The molecule has 0 saturated heterocycles. The monoisotopic (exact) mass is 406 g/mol. The molecule has 0 amide bonds. The fourth-order valence-electron chi connectivity index (χ4n) is 4.19.